The quantitative estimate of drug-likeness (QED) is 0.499. The van der Waals surface area contributed by atoms with Crippen molar-refractivity contribution in [1.29, 1.82) is 0 Å². The summed E-state index contributed by atoms with van der Waals surface area (Å²) in [6, 6.07) is 10.8. The molecule has 1 aromatic carbocycles. The van der Waals surface area contributed by atoms with Gasteiger partial charge in [-0.3, -0.25) is 4.99 Å². The molecule has 1 unspecified atom stereocenters. The number of aliphatic imine (C=N–C) groups is 1. The molecule has 3 heteroatoms. The summed E-state index contributed by atoms with van der Waals surface area (Å²) in [5, 5.41) is 11.2. The standard InChI is InChI=1S/C29H43NO2/c1-27(2,31)25-15-17-28(3)23-14-13-22-11-7-12-24(22)29(28,26(25)30-19-23)16-8-18-32-20-21-9-5-4-6-10-21/h4-6,9-10,19,22-26,31H,7-8,11-18,20H2,1-3H3/t22?,23-,24-,25+,26-,28+,29+/m1/s1. The lowest BCUT2D eigenvalue weighted by Gasteiger charge is -2.65. The van der Waals surface area contributed by atoms with Gasteiger partial charge in [-0.1, -0.05) is 50.1 Å². The molecule has 3 saturated carbocycles. The summed E-state index contributed by atoms with van der Waals surface area (Å²) in [5.74, 6) is 2.49. The molecule has 0 radical (unpaired) electrons. The number of ether oxygens (including phenoxy) is 1. The van der Waals surface area contributed by atoms with Crippen molar-refractivity contribution in [3.8, 4) is 0 Å². The highest BCUT2D eigenvalue weighted by Crippen LogP contribution is 2.71. The van der Waals surface area contributed by atoms with Crippen molar-refractivity contribution in [1.82, 2.24) is 0 Å². The third-order valence-corrected chi connectivity index (χ3v) is 10.3. The molecule has 1 aliphatic heterocycles. The zero-order valence-corrected chi connectivity index (χ0v) is 20.4. The Labute approximate surface area is 195 Å². The molecule has 1 N–H and O–H groups in total. The van der Waals surface area contributed by atoms with Crippen LogP contribution in [0.15, 0.2) is 35.3 Å². The Morgan fingerprint density at radius 2 is 1.91 bits per heavy atom. The van der Waals surface area contributed by atoms with Crippen LogP contribution in [0.5, 0.6) is 0 Å². The van der Waals surface area contributed by atoms with Gasteiger partial charge in [0.15, 0.2) is 0 Å². The average Bonchev–Trinajstić information content (AvgIpc) is 3.21. The van der Waals surface area contributed by atoms with Gasteiger partial charge in [0, 0.05) is 24.2 Å². The van der Waals surface area contributed by atoms with Gasteiger partial charge in [-0.05, 0) is 87.5 Å². The number of hydrogen-bond acceptors (Lipinski definition) is 3. The van der Waals surface area contributed by atoms with E-state index >= 15 is 0 Å². The molecule has 176 valence electrons. The molecule has 0 amide bonds. The predicted molar refractivity (Wildman–Crippen MR) is 131 cm³/mol. The lowest BCUT2D eigenvalue weighted by molar-refractivity contribution is -0.156. The summed E-state index contributed by atoms with van der Waals surface area (Å²) in [7, 11) is 0. The van der Waals surface area contributed by atoms with Crippen molar-refractivity contribution in [3.05, 3.63) is 35.9 Å². The van der Waals surface area contributed by atoms with E-state index in [1.807, 2.05) is 13.8 Å². The summed E-state index contributed by atoms with van der Waals surface area (Å²) < 4.78 is 6.15. The molecule has 7 atom stereocenters. The lowest BCUT2D eigenvalue weighted by atomic mass is 9.41. The van der Waals surface area contributed by atoms with Crippen LogP contribution in [-0.2, 0) is 11.3 Å². The number of rotatable bonds is 7. The fourth-order valence-corrected chi connectivity index (χ4v) is 8.75. The summed E-state index contributed by atoms with van der Waals surface area (Å²) in [5.41, 5.74) is 1.10. The van der Waals surface area contributed by atoms with Gasteiger partial charge in [-0.15, -0.1) is 0 Å². The maximum absolute atomic E-state index is 11.2. The molecular formula is C29H43NO2. The lowest BCUT2D eigenvalue weighted by Crippen LogP contribution is -2.65. The summed E-state index contributed by atoms with van der Waals surface area (Å²) in [6.07, 6.45) is 13.8. The molecule has 5 rings (SSSR count). The van der Waals surface area contributed by atoms with Gasteiger partial charge in [-0.25, -0.2) is 0 Å². The molecule has 1 aromatic rings. The van der Waals surface area contributed by atoms with Crippen LogP contribution in [0.2, 0.25) is 0 Å². The van der Waals surface area contributed by atoms with Crippen LogP contribution in [0.3, 0.4) is 0 Å². The molecule has 0 saturated heterocycles. The molecule has 3 aliphatic carbocycles. The van der Waals surface area contributed by atoms with E-state index < -0.39 is 5.60 Å². The minimum absolute atomic E-state index is 0.211. The first-order chi connectivity index (χ1) is 15.4. The van der Waals surface area contributed by atoms with Crippen LogP contribution in [0.1, 0.15) is 84.1 Å². The van der Waals surface area contributed by atoms with Gasteiger partial charge in [0.25, 0.3) is 0 Å². The highest BCUT2D eigenvalue weighted by molar-refractivity contribution is 5.65. The Hall–Kier alpha value is -1.19. The second kappa shape index (κ2) is 8.55. The topological polar surface area (TPSA) is 41.8 Å². The maximum atomic E-state index is 11.2. The van der Waals surface area contributed by atoms with Crippen molar-refractivity contribution in [2.24, 2.45) is 39.5 Å². The number of benzene rings is 1. The van der Waals surface area contributed by atoms with Crippen molar-refractivity contribution >= 4 is 6.21 Å². The first kappa shape index (κ1) is 22.6. The van der Waals surface area contributed by atoms with Gasteiger partial charge in [0.2, 0.25) is 0 Å². The van der Waals surface area contributed by atoms with Crippen LogP contribution in [0.4, 0.5) is 0 Å². The van der Waals surface area contributed by atoms with Gasteiger partial charge < -0.3 is 9.84 Å². The van der Waals surface area contributed by atoms with Crippen molar-refractivity contribution in [2.75, 3.05) is 6.61 Å². The first-order valence-corrected chi connectivity index (χ1v) is 13.2. The number of fused-ring (bicyclic) bond motifs is 1. The fraction of sp³-hybridized carbons (Fsp3) is 0.759. The third-order valence-electron chi connectivity index (χ3n) is 10.3. The van der Waals surface area contributed by atoms with Crippen LogP contribution >= 0.6 is 0 Å². The average molecular weight is 438 g/mol. The monoisotopic (exact) mass is 437 g/mol. The summed E-state index contributed by atoms with van der Waals surface area (Å²) >= 11 is 0. The SMILES string of the molecule is CC(C)(O)[C@H]1CC[C@@]2(C)[C@H]3C=N[C@H]1[C@]2(CCCOCc1ccccc1)[C@@H]1CCCC1CC3. The Kier molecular flexibility index (Phi) is 6.03. The molecular weight excluding hydrogens is 394 g/mol. The Balaban J connectivity index is 1.42. The Morgan fingerprint density at radius 3 is 2.69 bits per heavy atom. The van der Waals surface area contributed by atoms with E-state index in [4.69, 9.17) is 9.73 Å². The van der Waals surface area contributed by atoms with Crippen molar-refractivity contribution in [3.63, 3.8) is 0 Å². The minimum Gasteiger partial charge on any atom is -0.390 e. The smallest absolute Gasteiger partial charge is 0.0716 e. The molecule has 0 spiro atoms. The molecule has 4 bridgehead atoms. The predicted octanol–water partition coefficient (Wildman–Crippen LogP) is 6.44. The second-order valence-corrected chi connectivity index (χ2v) is 12.1. The Bertz CT molecular complexity index is 814. The van der Waals surface area contributed by atoms with Gasteiger partial charge >= 0.3 is 0 Å². The zero-order chi connectivity index (χ0) is 22.4. The van der Waals surface area contributed by atoms with Crippen LogP contribution < -0.4 is 0 Å². The fourth-order valence-electron chi connectivity index (χ4n) is 8.75. The highest BCUT2D eigenvalue weighted by atomic mass is 16.5. The third kappa shape index (κ3) is 3.59. The van der Waals surface area contributed by atoms with Crippen LogP contribution in [0, 0.1) is 34.5 Å². The summed E-state index contributed by atoms with van der Waals surface area (Å²) in [6.45, 7) is 8.19. The van der Waals surface area contributed by atoms with Crippen molar-refractivity contribution in [2.45, 2.75) is 96.8 Å². The molecule has 3 nitrogen and oxygen atoms in total. The normalized spacial score (nSPS) is 40.7. The second-order valence-electron chi connectivity index (χ2n) is 12.1. The van der Waals surface area contributed by atoms with E-state index in [-0.39, 0.29) is 17.4 Å². The van der Waals surface area contributed by atoms with E-state index in [0.29, 0.717) is 17.9 Å². The maximum Gasteiger partial charge on any atom is 0.0716 e. The van der Waals surface area contributed by atoms with Gasteiger partial charge in [-0.2, -0.15) is 0 Å². The zero-order valence-electron chi connectivity index (χ0n) is 20.4. The minimum atomic E-state index is -0.673. The highest BCUT2D eigenvalue weighted by Gasteiger charge is 2.68. The first-order valence-electron chi connectivity index (χ1n) is 13.2. The van der Waals surface area contributed by atoms with Crippen LogP contribution in [0.25, 0.3) is 0 Å². The van der Waals surface area contributed by atoms with Gasteiger partial charge in [0.05, 0.1) is 18.2 Å². The molecule has 32 heavy (non-hydrogen) atoms. The van der Waals surface area contributed by atoms with Crippen molar-refractivity contribution < 1.29 is 9.84 Å². The number of aliphatic hydroxyl groups is 1. The van der Waals surface area contributed by atoms with Gasteiger partial charge in [0.1, 0.15) is 0 Å². The largest absolute Gasteiger partial charge is 0.390 e. The van der Waals surface area contributed by atoms with E-state index in [9.17, 15) is 5.11 Å². The molecule has 4 aliphatic rings. The molecule has 3 fully saturated rings. The molecule has 1 heterocycles. The number of nitrogens with zero attached hydrogens (tertiary/aromatic N) is 1. The van der Waals surface area contributed by atoms with E-state index in [0.717, 1.165) is 31.3 Å². The number of hydrogen-bond donors (Lipinski definition) is 1. The Morgan fingerprint density at radius 1 is 1.09 bits per heavy atom. The molecule has 0 aromatic heterocycles. The van der Waals surface area contributed by atoms with E-state index in [1.54, 1.807) is 0 Å². The van der Waals surface area contributed by atoms with Crippen LogP contribution in [-0.4, -0.2) is 29.6 Å². The van der Waals surface area contributed by atoms with E-state index in [2.05, 4.69) is 43.5 Å². The summed E-state index contributed by atoms with van der Waals surface area (Å²) in [4.78, 5) is 5.34. The van der Waals surface area contributed by atoms with E-state index in [1.165, 1.54) is 50.5 Å².